The van der Waals surface area contributed by atoms with E-state index >= 15 is 0 Å². The average Bonchev–Trinajstić information content (AvgIpc) is 3.35. The minimum atomic E-state index is -0.773. The van der Waals surface area contributed by atoms with Crippen LogP contribution in [0.5, 0.6) is 0 Å². The van der Waals surface area contributed by atoms with Gasteiger partial charge in [0.25, 0.3) is 0 Å². The zero-order valence-electron chi connectivity index (χ0n) is 26.4. The predicted molar refractivity (Wildman–Crippen MR) is 159 cm³/mol. The number of carbonyl (C=O) groups is 3. The van der Waals surface area contributed by atoms with Gasteiger partial charge in [-0.3, -0.25) is 14.4 Å². The number of amides is 1. The van der Waals surface area contributed by atoms with Crippen molar-refractivity contribution in [2.24, 2.45) is 23.7 Å². The van der Waals surface area contributed by atoms with E-state index in [0.717, 1.165) is 12.0 Å². The molecule has 3 unspecified atom stereocenters. The van der Waals surface area contributed by atoms with Gasteiger partial charge in [0.1, 0.15) is 11.9 Å². The van der Waals surface area contributed by atoms with Gasteiger partial charge in [0.15, 0.2) is 5.78 Å². The number of carbonyl (C=O) groups excluding carboxylic acids is 3. The van der Waals surface area contributed by atoms with Crippen LogP contribution in [0.15, 0.2) is 30.3 Å². The Kier molecular flexibility index (Phi) is 14.6. The number of ether oxygens (including phenoxy) is 3. The second-order valence-corrected chi connectivity index (χ2v) is 12.0. The van der Waals surface area contributed by atoms with Gasteiger partial charge < -0.3 is 24.2 Å². The number of likely N-dealkylation sites (N-methyl/N-ethyl adjacent to an activating group) is 1. The van der Waals surface area contributed by atoms with E-state index in [1.54, 1.807) is 12.0 Å². The molecule has 0 bridgehead atoms. The molecule has 8 atom stereocenters. The molecule has 0 aliphatic carbocycles. The third-order valence-corrected chi connectivity index (χ3v) is 9.05. The summed E-state index contributed by atoms with van der Waals surface area (Å²) in [5.41, 5.74) is 1.07. The number of methoxy groups -OCH3 is 2. The fourth-order valence-corrected chi connectivity index (χ4v) is 5.88. The van der Waals surface area contributed by atoms with E-state index in [4.69, 9.17) is 14.2 Å². The summed E-state index contributed by atoms with van der Waals surface area (Å²) in [5, 5.41) is 10.1. The lowest BCUT2D eigenvalue weighted by molar-refractivity contribution is -0.143. The third-order valence-electron chi connectivity index (χ3n) is 9.05. The molecule has 0 spiro atoms. The average molecular weight is 576 g/mol. The highest BCUT2D eigenvalue weighted by molar-refractivity contribution is 5.84. The monoisotopic (exact) mass is 575 g/mol. The van der Waals surface area contributed by atoms with Gasteiger partial charge in [0.2, 0.25) is 5.91 Å². The lowest BCUT2D eigenvalue weighted by atomic mass is 9.87. The van der Waals surface area contributed by atoms with Crippen molar-refractivity contribution in [3.8, 4) is 0 Å². The molecule has 1 aromatic rings. The van der Waals surface area contributed by atoms with E-state index in [1.807, 2.05) is 58.2 Å². The van der Waals surface area contributed by atoms with Crippen molar-refractivity contribution in [1.29, 1.82) is 0 Å². The maximum atomic E-state index is 13.2. The Labute approximate surface area is 247 Å². The van der Waals surface area contributed by atoms with Crippen molar-refractivity contribution in [2.45, 2.75) is 104 Å². The van der Waals surface area contributed by atoms with Crippen LogP contribution in [0, 0.1) is 23.7 Å². The summed E-state index contributed by atoms with van der Waals surface area (Å²) in [5.74, 6) is -0.191. The van der Waals surface area contributed by atoms with Gasteiger partial charge >= 0.3 is 0 Å². The van der Waals surface area contributed by atoms with Crippen molar-refractivity contribution >= 4 is 17.5 Å². The number of rotatable bonds is 18. The number of aliphatic hydroxyl groups is 1. The van der Waals surface area contributed by atoms with Crippen LogP contribution in [-0.4, -0.2) is 85.8 Å². The zero-order valence-corrected chi connectivity index (χ0v) is 26.4. The summed E-state index contributed by atoms with van der Waals surface area (Å²) in [7, 11) is 4.93. The first-order valence-electron chi connectivity index (χ1n) is 15.2. The number of ketones is 2. The molecule has 2 rings (SSSR count). The number of aliphatic hydroxyl groups excluding tert-OH is 1. The largest absolute Gasteiger partial charge is 0.396 e. The Morgan fingerprint density at radius 2 is 1.71 bits per heavy atom. The molecule has 0 saturated carbocycles. The van der Waals surface area contributed by atoms with Crippen LogP contribution in [0.25, 0.3) is 0 Å². The van der Waals surface area contributed by atoms with Crippen molar-refractivity contribution < 1.29 is 33.7 Å². The topological polar surface area (TPSA) is 102 Å². The first kappa shape index (κ1) is 35.1. The second kappa shape index (κ2) is 17.1. The first-order valence-corrected chi connectivity index (χ1v) is 15.2. The Bertz CT molecular complexity index is 952. The Morgan fingerprint density at radius 3 is 2.24 bits per heavy atom. The number of benzene rings is 1. The van der Waals surface area contributed by atoms with E-state index in [-0.39, 0.29) is 60.7 Å². The summed E-state index contributed by atoms with van der Waals surface area (Å²) < 4.78 is 17.6. The molecule has 232 valence electrons. The molecule has 1 aliphatic heterocycles. The summed E-state index contributed by atoms with van der Waals surface area (Å²) in [6.07, 6.45) is 0.271. The molecule has 1 N–H and O–H groups in total. The standard InChI is InChI=1S/C33H53NO7/c1-9-22(4)30(34(6)33(38)23(5)21(2)3)29(39-7)19-25(36)16-18-28-26(20-35)31(40-8)32(41-28)27(37)17-15-24-13-11-10-12-14-24/h10-14,21-23,26,28-32,35H,9,15-20H2,1-8H3/t22-,23-,26+,28?,29+,30?,31-,32?/m0/s1. The highest BCUT2D eigenvalue weighted by Gasteiger charge is 2.47. The molecular weight excluding hydrogens is 522 g/mol. The number of hydrogen-bond donors (Lipinski definition) is 1. The van der Waals surface area contributed by atoms with E-state index in [1.165, 1.54) is 7.11 Å². The van der Waals surface area contributed by atoms with Crippen molar-refractivity contribution in [3.05, 3.63) is 35.9 Å². The molecule has 1 heterocycles. The van der Waals surface area contributed by atoms with Crippen LogP contribution in [0.1, 0.15) is 72.3 Å². The number of hydrogen-bond acceptors (Lipinski definition) is 7. The van der Waals surface area contributed by atoms with Crippen LogP contribution in [0.3, 0.4) is 0 Å². The molecule has 1 amide bonds. The first-order chi connectivity index (χ1) is 19.5. The zero-order chi connectivity index (χ0) is 30.7. The number of nitrogens with zero attached hydrogens (tertiary/aromatic N) is 1. The summed E-state index contributed by atoms with van der Waals surface area (Å²) in [6, 6.07) is 9.56. The van der Waals surface area contributed by atoms with Crippen LogP contribution in [0.2, 0.25) is 0 Å². The summed E-state index contributed by atoms with van der Waals surface area (Å²) in [6.45, 7) is 9.97. The second-order valence-electron chi connectivity index (χ2n) is 12.0. The van der Waals surface area contributed by atoms with E-state index in [0.29, 0.717) is 19.3 Å². The molecular formula is C33H53NO7. The van der Waals surface area contributed by atoms with Crippen LogP contribution in [-0.2, 0) is 35.0 Å². The minimum Gasteiger partial charge on any atom is -0.396 e. The van der Waals surface area contributed by atoms with Crippen LogP contribution in [0.4, 0.5) is 0 Å². The highest BCUT2D eigenvalue weighted by atomic mass is 16.6. The Balaban J connectivity index is 2.05. The predicted octanol–water partition coefficient (Wildman–Crippen LogP) is 4.50. The summed E-state index contributed by atoms with van der Waals surface area (Å²) in [4.78, 5) is 41.3. The molecule has 0 aromatic heterocycles. The number of Topliss-reactive ketones (excluding diaryl/α,β-unsaturated/α-hetero) is 2. The quantitative estimate of drug-likeness (QED) is 0.275. The molecule has 41 heavy (non-hydrogen) atoms. The van der Waals surface area contributed by atoms with E-state index in [9.17, 15) is 19.5 Å². The third kappa shape index (κ3) is 9.43. The molecule has 0 radical (unpaired) electrons. The fourth-order valence-electron chi connectivity index (χ4n) is 5.88. The van der Waals surface area contributed by atoms with Gasteiger partial charge in [0, 0.05) is 52.4 Å². The Morgan fingerprint density at radius 1 is 1.05 bits per heavy atom. The maximum absolute atomic E-state index is 13.2. The van der Waals surface area contributed by atoms with Gasteiger partial charge in [0.05, 0.1) is 31.0 Å². The van der Waals surface area contributed by atoms with Gasteiger partial charge in [-0.05, 0) is 30.2 Å². The summed E-state index contributed by atoms with van der Waals surface area (Å²) >= 11 is 0. The van der Waals surface area contributed by atoms with Gasteiger partial charge in [-0.2, -0.15) is 0 Å². The molecule has 1 fully saturated rings. The smallest absolute Gasteiger partial charge is 0.225 e. The molecule has 1 saturated heterocycles. The van der Waals surface area contributed by atoms with Crippen molar-refractivity contribution in [2.75, 3.05) is 27.9 Å². The van der Waals surface area contributed by atoms with Crippen molar-refractivity contribution in [1.82, 2.24) is 4.90 Å². The fraction of sp³-hybridized carbons (Fsp3) is 0.727. The lowest BCUT2D eigenvalue weighted by Gasteiger charge is -2.39. The molecule has 1 aromatic carbocycles. The minimum absolute atomic E-state index is 0.00368. The molecule has 8 heteroatoms. The van der Waals surface area contributed by atoms with E-state index in [2.05, 4.69) is 13.8 Å². The van der Waals surface area contributed by atoms with Crippen molar-refractivity contribution in [3.63, 3.8) is 0 Å². The SMILES string of the molecule is CC[C@H](C)C([C@@H](CC(=O)CCC1OC(C(=O)CCc2ccccc2)[C@@H](OC)[C@@H]1CO)OC)N(C)C(=O)[C@@H](C)C(C)C. The van der Waals surface area contributed by atoms with Gasteiger partial charge in [-0.1, -0.05) is 71.4 Å². The van der Waals surface area contributed by atoms with Gasteiger partial charge in [-0.25, -0.2) is 0 Å². The normalized spacial score (nSPS) is 23.7. The van der Waals surface area contributed by atoms with E-state index < -0.39 is 30.3 Å². The Hall–Kier alpha value is -2.13. The maximum Gasteiger partial charge on any atom is 0.225 e. The molecule has 8 nitrogen and oxygen atoms in total. The van der Waals surface area contributed by atoms with Crippen LogP contribution < -0.4 is 0 Å². The number of aryl methyl sites for hydroxylation is 1. The van der Waals surface area contributed by atoms with Gasteiger partial charge in [-0.15, -0.1) is 0 Å². The highest BCUT2D eigenvalue weighted by Crippen LogP contribution is 2.33. The molecule has 1 aliphatic rings. The van der Waals surface area contributed by atoms with Crippen LogP contribution >= 0.6 is 0 Å². The lowest BCUT2D eigenvalue weighted by Crippen LogP contribution is -2.51.